The van der Waals surface area contributed by atoms with Crippen LogP contribution in [0.1, 0.15) is 27.0 Å². The summed E-state index contributed by atoms with van der Waals surface area (Å²) in [5.74, 6) is 1.27. The molecule has 4 nitrogen and oxygen atoms in total. The normalized spacial score (nSPS) is 10.7. The van der Waals surface area contributed by atoms with Crippen LogP contribution < -0.4 is 9.47 Å². The van der Waals surface area contributed by atoms with Gasteiger partial charge in [-0.25, -0.2) is 4.98 Å². The Bertz CT molecular complexity index is 908. The highest BCUT2D eigenvalue weighted by atomic mass is 16.5. The van der Waals surface area contributed by atoms with Crippen molar-refractivity contribution in [2.24, 2.45) is 0 Å². The number of fused-ring (bicyclic) bond motifs is 1. The standard InChI is InChI=1S/C20H19NO3/c1-12-9-14(10-13(2)19(12)23-3)18(22)17-11-21-20(24-4)16-8-6-5-7-15(16)17/h5-11H,1-4H3. The second kappa shape index (κ2) is 6.32. The van der Waals surface area contributed by atoms with E-state index in [1.807, 2.05) is 50.2 Å². The van der Waals surface area contributed by atoms with Gasteiger partial charge in [0.05, 0.1) is 14.2 Å². The largest absolute Gasteiger partial charge is 0.496 e. The minimum atomic E-state index is -0.0600. The third kappa shape index (κ3) is 2.60. The summed E-state index contributed by atoms with van der Waals surface area (Å²) in [6.45, 7) is 3.87. The van der Waals surface area contributed by atoms with Crippen molar-refractivity contribution < 1.29 is 14.3 Å². The molecule has 0 N–H and O–H groups in total. The summed E-state index contributed by atoms with van der Waals surface area (Å²) in [5.41, 5.74) is 3.07. The first-order chi connectivity index (χ1) is 11.6. The molecule has 0 saturated heterocycles. The molecule has 0 aliphatic carbocycles. The van der Waals surface area contributed by atoms with Crippen LogP contribution in [0.15, 0.2) is 42.6 Å². The van der Waals surface area contributed by atoms with Crippen LogP contribution in [0, 0.1) is 13.8 Å². The van der Waals surface area contributed by atoms with E-state index in [1.165, 1.54) is 0 Å². The molecular weight excluding hydrogens is 302 g/mol. The Balaban J connectivity index is 2.17. The van der Waals surface area contributed by atoms with Crippen LogP contribution in [0.5, 0.6) is 11.6 Å². The summed E-state index contributed by atoms with van der Waals surface area (Å²) in [6, 6.07) is 11.3. The van der Waals surface area contributed by atoms with Gasteiger partial charge in [-0.05, 0) is 48.6 Å². The Kier molecular flexibility index (Phi) is 4.21. The Morgan fingerprint density at radius 3 is 2.17 bits per heavy atom. The molecule has 1 aromatic heterocycles. The van der Waals surface area contributed by atoms with Crippen molar-refractivity contribution in [2.45, 2.75) is 13.8 Å². The Labute approximate surface area is 141 Å². The average molecular weight is 321 g/mol. The number of ether oxygens (including phenoxy) is 2. The summed E-state index contributed by atoms with van der Waals surface area (Å²) >= 11 is 0. The smallest absolute Gasteiger partial charge is 0.221 e. The molecule has 3 aromatic rings. The predicted octanol–water partition coefficient (Wildman–Crippen LogP) is 4.10. The van der Waals surface area contributed by atoms with E-state index < -0.39 is 0 Å². The maximum absolute atomic E-state index is 13.0. The van der Waals surface area contributed by atoms with Crippen molar-refractivity contribution in [3.05, 3.63) is 64.8 Å². The van der Waals surface area contributed by atoms with Gasteiger partial charge in [-0.2, -0.15) is 0 Å². The number of aromatic nitrogens is 1. The Hall–Kier alpha value is -2.88. The van der Waals surface area contributed by atoms with Crippen molar-refractivity contribution in [3.63, 3.8) is 0 Å². The maximum Gasteiger partial charge on any atom is 0.221 e. The Morgan fingerprint density at radius 1 is 0.958 bits per heavy atom. The van der Waals surface area contributed by atoms with Gasteiger partial charge in [-0.3, -0.25) is 4.79 Å². The van der Waals surface area contributed by atoms with Crippen LogP contribution in [0.25, 0.3) is 10.8 Å². The van der Waals surface area contributed by atoms with E-state index >= 15 is 0 Å². The molecule has 1 heterocycles. The summed E-state index contributed by atoms with van der Waals surface area (Å²) in [5, 5.41) is 1.66. The van der Waals surface area contributed by atoms with E-state index in [1.54, 1.807) is 20.4 Å². The predicted molar refractivity (Wildman–Crippen MR) is 94.2 cm³/mol. The average Bonchev–Trinajstić information content (AvgIpc) is 2.60. The van der Waals surface area contributed by atoms with Gasteiger partial charge < -0.3 is 9.47 Å². The molecule has 3 rings (SSSR count). The van der Waals surface area contributed by atoms with Crippen LogP contribution in [0.2, 0.25) is 0 Å². The molecule has 0 amide bonds. The fraction of sp³-hybridized carbons (Fsp3) is 0.200. The molecular formula is C20H19NO3. The molecule has 0 spiro atoms. The number of carbonyl (C=O) groups is 1. The van der Waals surface area contributed by atoms with Gasteiger partial charge in [0.2, 0.25) is 5.88 Å². The van der Waals surface area contributed by atoms with E-state index in [0.717, 1.165) is 27.6 Å². The fourth-order valence-corrected chi connectivity index (χ4v) is 3.07. The Morgan fingerprint density at radius 2 is 1.58 bits per heavy atom. The lowest BCUT2D eigenvalue weighted by Crippen LogP contribution is -2.06. The number of hydrogen-bond acceptors (Lipinski definition) is 4. The van der Waals surface area contributed by atoms with E-state index in [2.05, 4.69) is 4.98 Å². The minimum Gasteiger partial charge on any atom is -0.496 e. The second-order valence-corrected chi connectivity index (χ2v) is 5.70. The zero-order valence-corrected chi connectivity index (χ0v) is 14.2. The van der Waals surface area contributed by atoms with Gasteiger partial charge in [0, 0.05) is 22.7 Å². The molecule has 0 atom stereocenters. The van der Waals surface area contributed by atoms with Gasteiger partial charge in [-0.15, -0.1) is 0 Å². The van der Waals surface area contributed by atoms with Gasteiger partial charge in [0.15, 0.2) is 5.78 Å². The van der Waals surface area contributed by atoms with Crippen LogP contribution >= 0.6 is 0 Å². The molecule has 24 heavy (non-hydrogen) atoms. The second-order valence-electron chi connectivity index (χ2n) is 5.70. The molecule has 0 saturated carbocycles. The van der Waals surface area contributed by atoms with Gasteiger partial charge in [0.25, 0.3) is 0 Å². The quantitative estimate of drug-likeness (QED) is 0.679. The van der Waals surface area contributed by atoms with Crippen LogP contribution in [0.4, 0.5) is 0 Å². The molecule has 122 valence electrons. The molecule has 2 aromatic carbocycles. The molecule has 0 aliphatic rings. The van der Waals surface area contributed by atoms with Gasteiger partial charge in [0.1, 0.15) is 5.75 Å². The number of carbonyl (C=O) groups excluding carboxylic acids is 1. The van der Waals surface area contributed by atoms with Gasteiger partial charge in [-0.1, -0.05) is 18.2 Å². The van der Waals surface area contributed by atoms with Crippen molar-refractivity contribution >= 4 is 16.6 Å². The lowest BCUT2D eigenvalue weighted by Gasteiger charge is -2.12. The molecule has 0 radical (unpaired) electrons. The number of ketones is 1. The lowest BCUT2D eigenvalue weighted by atomic mass is 9.96. The summed E-state index contributed by atoms with van der Waals surface area (Å²) in [6.07, 6.45) is 1.58. The van der Waals surface area contributed by atoms with E-state index in [-0.39, 0.29) is 5.78 Å². The van der Waals surface area contributed by atoms with Crippen LogP contribution in [0.3, 0.4) is 0 Å². The third-order valence-corrected chi connectivity index (χ3v) is 4.12. The van der Waals surface area contributed by atoms with E-state index in [4.69, 9.17) is 9.47 Å². The SMILES string of the molecule is COc1c(C)cc(C(=O)c2cnc(OC)c3ccccc23)cc1C. The lowest BCUT2D eigenvalue weighted by molar-refractivity contribution is 0.103. The van der Waals surface area contributed by atoms with Crippen molar-refractivity contribution in [1.82, 2.24) is 4.98 Å². The zero-order valence-electron chi connectivity index (χ0n) is 14.2. The highest BCUT2D eigenvalue weighted by Crippen LogP contribution is 2.29. The fourth-order valence-electron chi connectivity index (χ4n) is 3.07. The monoisotopic (exact) mass is 321 g/mol. The first-order valence-corrected chi connectivity index (χ1v) is 7.68. The summed E-state index contributed by atoms with van der Waals surface area (Å²) in [7, 11) is 3.21. The van der Waals surface area contributed by atoms with Gasteiger partial charge >= 0.3 is 0 Å². The molecule has 4 heteroatoms. The van der Waals surface area contributed by atoms with Crippen molar-refractivity contribution in [2.75, 3.05) is 14.2 Å². The van der Waals surface area contributed by atoms with Crippen LogP contribution in [-0.2, 0) is 0 Å². The molecule has 0 bridgehead atoms. The van der Waals surface area contributed by atoms with Crippen molar-refractivity contribution in [3.8, 4) is 11.6 Å². The van der Waals surface area contributed by atoms with E-state index in [9.17, 15) is 4.79 Å². The third-order valence-electron chi connectivity index (χ3n) is 4.12. The minimum absolute atomic E-state index is 0.0600. The van der Waals surface area contributed by atoms with Crippen molar-refractivity contribution in [1.29, 1.82) is 0 Å². The molecule has 0 unspecified atom stereocenters. The zero-order chi connectivity index (χ0) is 17.3. The highest BCUT2D eigenvalue weighted by molar-refractivity contribution is 6.16. The molecule has 0 fully saturated rings. The highest BCUT2D eigenvalue weighted by Gasteiger charge is 2.17. The number of hydrogen-bond donors (Lipinski definition) is 0. The first-order valence-electron chi connectivity index (χ1n) is 7.68. The number of nitrogens with zero attached hydrogens (tertiary/aromatic N) is 1. The molecule has 0 aliphatic heterocycles. The summed E-state index contributed by atoms with van der Waals surface area (Å²) in [4.78, 5) is 17.3. The first kappa shape index (κ1) is 16.0. The number of methoxy groups -OCH3 is 2. The number of rotatable bonds is 4. The number of pyridine rings is 1. The number of benzene rings is 2. The summed E-state index contributed by atoms with van der Waals surface area (Å²) < 4.78 is 10.7. The topological polar surface area (TPSA) is 48.4 Å². The van der Waals surface area contributed by atoms with E-state index in [0.29, 0.717) is 17.0 Å². The number of aryl methyl sites for hydroxylation is 2. The van der Waals surface area contributed by atoms with Crippen LogP contribution in [-0.4, -0.2) is 25.0 Å². The maximum atomic E-state index is 13.0.